The quantitative estimate of drug-likeness (QED) is 0.553. The molecule has 0 saturated heterocycles. The molecule has 0 spiro atoms. The van der Waals surface area contributed by atoms with Crippen molar-refractivity contribution >= 4 is 33.0 Å². The zero-order valence-electron chi connectivity index (χ0n) is 11.0. The van der Waals surface area contributed by atoms with Crippen molar-refractivity contribution in [3.8, 4) is 5.75 Å². The van der Waals surface area contributed by atoms with Crippen molar-refractivity contribution in [1.29, 1.82) is 0 Å². The first-order valence-electron chi connectivity index (χ1n) is 6.61. The second-order valence-corrected chi connectivity index (χ2v) is 5.94. The normalized spacial score (nSPS) is 12.4. The van der Waals surface area contributed by atoms with Crippen LogP contribution in [0, 0.1) is 0 Å². The van der Waals surface area contributed by atoms with Gasteiger partial charge in [-0.15, -0.1) is 22.9 Å². The van der Waals surface area contributed by atoms with Crippen LogP contribution in [0.25, 0.3) is 10.1 Å². The zero-order valence-corrected chi connectivity index (χ0v) is 12.5. The van der Waals surface area contributed by atoms with Gasteiger partial charge >= 0.3 is 0 Å². The van der Waals surface area contributed by atoms with Gasteiger partial charge < -0.3 is 4.74 Å². The van der Waals surface area contributed by atoms with Crippen molar-refractivity contribution in [1.82, 2.24) is 0 Å². The Hall–Kier alpha value is -1.51. The highest BCUT2D eigenvalue weighted by atomic mass is 35.5. The number of hydrogen-bond donors (Lipinski definition) is 0. The van der Waals surface area contributed by atoms with Crippen LogP contribution in [-0.4, -0.2) is 5.88 Å². The molecule has 0 aliphatic carbocycles. The summed E-state index contributed by atoms with van der Waals surface area (Å²) in [6.07, 6.45) is 0.803. The molecule has 3 heteroatoms. The molecule has 20 heavy (non-hydrogen) atoms. The van der Waals surface area contributed by atoms with Crippen LogP contribution in [0.2, 0.25) is 0 Å². The van der Waals surface area contributed by atoms with Gasteiger partial charge in [0.05, 0.1) is 0 Å². The predicted octanol–water partition coefficient (Wildman–Crippen LogP) is 5.65. The smallest absolute Gasteiger partial charge is 0.125 e. The van der Waals surface area contributed by atoms with Gasteiger partial charge in [-0.2, -0.15) is 0 Å². The number of fused-ring (bicyclic) bond motifs is 1. The fourth-order valence-corrected chi connectivity index (χ4v) is 3.21. The van der Waals surface area contributed by atoms with Crippen molar-refractivity contribution < 1.29 is 4.74 Å². The minimum Gasteiger partial charge on any atom is -0.486 e. The second-order valence-electron chi connectivity index (χ2n) is 4.62. The van der Waals surface area contributed by atoms with E-state index in [1.165, 1.54) is 15.6 Å². The van der Waals surface area contributed by atoms with E-state index in [4.69, 9.17) is 16.3 Å². The highest BCUT2D eigenvalue weighted by Crippen LogP contribution is 2.29. The molecule has 0 saturated carbocycles. The molecule has 0 fully saturated rings. The maximum atomic E-state index is 6.14. The summed E-state index contributed by atoms with van der Waals surface area (Å²) in [7, 11) is 0. The van der Waals surface area contributed by atoms with Crippen molar-refractivity contribution in [3.05, 3.63) is 65.5 Å². The topological polar surface area (TPSA) is 9.23 Å². The molecule has 1 heterocycles. The van der Waals surface area contributed by atoms with Crippen LogP contribution in [0.5, 0.6) is 5.75 Å². The number of rotatable bonds is 5. The van der Waals surface area contributed by atoms with Gasteiger partial charge in [-0.1, -0.05) is 30.3 Å². The molecule has 0 radical (unpaired) electrons. The fourth-order valence-electron chi connectivity index (χ4n) is 2.24. The Labute approximate surface area is 127 Å². The van der Waals surface area contributed by atoms with Crippen molar-refractivity contribution in [3.63, 3.8) is 0 Å². The molecular formula is C17H15ClOS. The summed E-state index contributed by atoms with van der Waals surface area (Å²) in [5.41, 5.74) is 1.17. The van der Waals surface area contributed by atoms with Crippen LogP contribution in [0.3, 0.4) is 0 Å². The Balaban J connectivity index is 1.85. The summed E-state index contributed by atoms with van der Waals surface area (Å²) >= 11 is 7.66. The first-order valence-corrected chi connectivity index (χ1v) is 8.03. The van der Waals surface area contributed by atoms with Gasteiger partial charge in [-0.3, -0.25) is 0 Å². The molecular weight excluding hydrogens is 288 g/mol. The number of alkyl halides is 1. The molecule has 2 aromatic carbocycles. The first kappa shape index (κ1) is 13.5. The lowest BCUT2D eigenvalue weighted by atomic mass is 10.1. The van der Waals surface area contributed by atoms with E-state index in [-0.39, 0.29) is 6.10 Å². The standard InChI is InChI=1S/C17H15ClOS/c18-10-8-16(13-4-2-1-3-5-13)19-15-6-7-17-14(12-15)9-11-20-17/h1-7,9,11-12,16H,8,10H2/t16-/m1/s1. The van der Waals surface area contributed by atoms with E-state index in [0.717, 1.165) is 12.2 Å². The van der Waals surface area contributed by atoms with Crippen molar-refractivity contribution in [2.24, 2.45) is 0 Å². The average Bonchev–Trinajstić information content (AvgIpc) is 2.95. The molecule has 0 unspecified atom stereocenters. The lowest BCUT2D eigenvalue weighted by Crippen LogP contribution is -2.08. The van der Waals surface area contributed by atoms with Crippen LogP contribution in [0.15, 0.2) is 60.0 Å². The first-order chi connectivity index (χ1) is 9.86. The molecule has 0 bridgehead atoms. The Morgan fingerprint density at radius 2 is 1.90 bits per heavy atom. The van der Waals surface area contributed by atoms with Crippen molar-refractivity contribution in [2.45, 2.75) is 12.5 Å². The van der Waals surface area contributed by atoms with Gasteiger partial charge in [-0.05, 0) is 40.6 Å². The third-order valence-electron chi connectivity index (χ3n) is 3.24. The predicted molar refractivity (Wildman–Crippen MR) is 87.0 cm³/mol. The minimum absolute atomic E-state index is 0.00443. The Bertz CT molecular complexity index is 678. The maximum Gasteiger partial charge on any atom is 0.125 e. The summed E-state index contributed by atoms with van der Waals surface area (Å²) < 4.78 is 7.42. The van der Waals surface area contributed by atoms with Crippen LogP contribution >= 0.6 is 22.9 Å². The Morgan fingerprint density at radius 1 is 1.05 bits per heavy atom. The minimum atomic E-state index is 0.00443. The van der Waals surface area contributed by atoms with Crippen LogP contribution in [0.1, 0.15) is 18.1 Å². The summed E-state index contributed by atoms with van der Waals surface area (Å²) in [6, 6.07) is 18.6. The molecule has 0 N–H and O–H groups in total. The largest absolute Gasteiger partial charge is 0.486 e. The van der Waals surface area contributed by atoms with E-state index in [9.17, 15) is 0 Å². The van der Waals surface area contributed by atoms with E-state index >= 15 is 0 Å². The molecule has 3 rings (SSSR count). The van der Waals surface area contributed by atoms with Gasteiger partial charge in [0.25, 0.3) is 0 Å². The maximum absolute atomic E-state index is 6.14. The highest BCUT2D eigenvalue weighted by Gasteiger charge is 2.12. The average molecular weight is 303 g/mol. The third-order valence-corrected chi connectivity index (χ3v) is 4.36. The van der Waals surface area contributed by atoms with Gasteiger partial charge in [-0.25, -0.2) is 0 Å². The number of benzene rings is 2. The third kappa shape index (κ3) is 2.97. The highest BCUT2D eigenvalue weighted by molar-refractivity contribution is 7.17. The fraction of sp³-hybridized carbons (Fsp3) is 0.176. The molecule has 1 aromatic heterocycles. The molecule has 1 nitrogen and oxygen atoms in total. The monoisotopic (exact) mass is 302 g/mol. The number of ether oxygens (including phenoxy) is 1. The molecule has 1 atom stereocenters. The summed E-state index contributed by atoms with van der Waals surface area (Å²) in [5.74, 6) is 1.48. The summed E-state index contributed by atoms with van der Waals surface area (Å²) in [4.78, 5) is 0. The van der Waals surface area contributed by atoms with E-state index < -0.39 is 0 Å². The van der Waals surface area contributed by atoms with E-state index in [1.807, 2.05) is 24.3 Å². The second kappa shape index (κ2) is 6.29. The molecule has 0 amide bonds. The molecule has 102 valence electrons. The van der Waals surface area contributed by atoms with E-state index in [0.29, 0.717) is 5.88 Å². The number of thiophene rings is 1. The number of halogens is 1. The molecule has 0 aliphatic rings. The van der Waals surface area contributed by atoms with Crippen LogP contribution in [0.4, 0.5) is 0 Å². The molecule has 3 aromatic rings. The van der Waals surface area contributed by atoms with E-state index in [1.54, 1.807) is 11.3 Å². The van der Waals surface area contributed by atoms with E-state index in [2.05, 4.69) is 35.7 Å². The van der Waals surface area contributed by atoms with Gasteiger partial charge in [0, 0.05) is 17.0 Å². The Kier molecular flexibility index (Phi) is 4.24. The SMILES string of the molecule is ClCC[C@@H](Oc1ccc2sccc2c1)c1ccccc1. The summed E-state index contributed by atoms with van der Waals surface area (Å²) in [5, 5.41) is 3.33. The zero-order chi connectivity index (χ0) is 13.8. The lowest BCUT2D eigenvalue weighted by Gasteiger charge is -2.18. The van der Waals surface area contributed by atoms with Gasteiger partial charge in [0.1, 0.15) is 11.9 Å². The Morgan fingerprint density at radius 3 is 2.70 bits per heavy atom. The van der Waals surface area contributed by atoms with Gasteiger partial charge in [0.15, 0.2) is 0 Å². The summed E-state index contributed by atoms with van der Waals surface area (Å²) in [6.45, 7) is 0. The molecule has 0 aliphatic heterocycles. The van der Waals surface area contributed by atoms with Crippen molar-refractivity contribution in [2.75, 3.05) is 5.88 Å². The van der Waals surface area contributed by atoms with Gasteiger partial charge in [0.2, 0.25) is 0 Å². The van der Waals surface area contributed by atoms with Crippen LogP contribution in [-0.2, 0) is 0 Å². The van der Waals surface area contributed by atoms with Crippen LogP contribution < -0.4 is 4.74 Å². The number of hydrogen-bond acceptors (Lipinski definition) is 2. The lowest BCUT2D eigenvalue weighted by molar-refractivity contribution is 0.202.